The number of hydrogen-bond donors (Lipinski definition) is 2. The number of hydrogen-bond acceptors (Lipinski definition) is 5. The van der Waals surface area contributed by atoms with Crippen molar-refractivity contribution in [1.82, 2.24) is 5.32 Å². The molecule has 0 aliphatic heterocycles. The monoisotopic (exact) mass is 326 g/mol. The molecule has 0 aliphatic rings. The highest BCUT2D eigenvalue weighted by Gasteiger charge is 2.06. The predicted octanol–water partition coefficient (Wildman–Crippen LogP) is 1.30. The number of rotatable bonds is 6. The zero-order valence-corrected chi connectivity index (χ0v) is 13.0. The molecular weight excluding hydrogens is 308 g/mol. The number of carbonyl (C=O) groups excluding carboxylic acids is 1. The van der Waals surface area contributed by atoms with Gasteiger partial charge in [0.15, 0.2) is 6.61 Å². The largest absolute Gasteiger partial charge is 0.484 e. The Morgan fingerprint density at radius 3 is 2.82 bits per heavy atom. The maximum atomic E-state index is 11.6. The third-order valence-electron chi connectivity index (χ3n) is 3.01. The number of fused-ring (bicyclic) bond motifs is 1. The standard InChI is InChI=1S/C15H18N2O4.ClH/c1-10(7-16)8-17-14(18)9-20-12-4-2-11-3-5-15(19)21-13(11)6-12;/h2-6,10H,7-9,16H2,1H3,(H,17,18);1H. The van der Waals surface area contributed by atoms with E-state index in [0.29, 0.717) is 24.4 Å². The van der Waals surface area contributed by atoms with Crippen LogP contribution in [-0.2, 0) is 4.79 Å². The van der Waals surface area contributed by atoms with E-state index in [9.17, 15) is 9.59 Å². The van der Waals surface area contributed by atoms with Crippen LogP contribution in [0.15, 0.2) is 39.5 Å². The van der Waals surface area contributed by atoms with Gasteiger partial charge in [0.2, 0.25) is 0 Å². The summed E-state index contributed by atoms with van der Waals surface area (Å²) in [4.78, 5) is 22.8. The van der Waals surface area contributed by atoms with Gasteiger partial charge in [-0.2, -0.15) is 0 Å². The maximum Gasteiger partial charge on any atom is 0.336 e. The number of nitrogens with one attached hydrogen (secondary N) is 1. The van der Waals surface area contributed by atoms with E-state index in [1.165, 1.54) is 6.07 Å². The van der Waals surface area contributed by atoms with Crippen LogP contribution in [0.2, 0.25) is 0 Å². The van der Waals surface area contributed by atoms with Gasteiger partial charge in [0.1, 0.15) is 11.3 Å². The van der Waals surface area contributed by atoms with Gasteiger partial charge < -0.3 is 20.2 Å². The molecule has 0 aliphatic carbocycles. The molecule has 0 fully saturated rings. The molecule has 2 aromatic rings. The molecule has 1 unspecified atom stereocenters. The van der Waals surface area contributed by atoms with Crippen molar-refractivity contribution < 1.29 is 13.9 Å². The van der Waals surface area contributed by atoms with E-state index < -0.39 is 5.63 Å². The first kappa shape index (κ1) is 18.0. The first-order valence-corrected chi connectivity index (χ1v) is 6.72. The summed E-state index contributed by atoms with van der Waals surface area (Å²) >= 11 is 0. The lowest BCUT2D eigenvalue weighted by atomic mass is 10.2. The third kappa shape index (κ3) is 5.05. The van der Waals surface area contributed by atoms with Crippen molar-refractivity contribution in [1.29, 1.82) is 0 Å². The molecule has 0 saturated carbocycles. The number of amides is 1. The highest BCUT2D eigenvalue weighted by Crippen LogP contribution is 2.19. The lowest BCUT2D eigenvalue weighted by molar-refractivity contribution is -0.123. The third-order valence-corrected chi connectivity index (χ3v) is 3.01. The van der Waals surface area contributed by atoms with Crippen molar-refractivity contribution in [2.24, 2.45) is 11.7 Å². The minimum absolute atomic E-state index is 0. The van der Waals surface area contributed by atoms with Crippen molar-refractivity contribution in [3.63, 3.8) is 0 Å². The Labute approximate surface area is 134 Å². The van der Waals surface area contributed by atoms with Gasteiger partial charge in [-0.05, 0) is 30.7 Å². The normalized spacial score (nSPS) is 11.5. The number of nitrogens with two attached hydrogens (primary N) is 1. The Kier molecular flexibility index (Phi) is 6.88. The fourth-order valence-electron chi connectivity index (χ4n) is 1.70. The van der Waals surface area contributed by atoms with Gasteiger partial charge in [-0.3, -0.25) is 4.79 Å². The SMILES string of the molecule is CC(CN)CNC(=O)COc1ccc2ccc(=O)oc2c1.Cl. The van der Waals surface area contributed by atoms with E-state index in [1.54, 1.807) is 24.3 Å². The summed E-state index contributed by atoms with van der Waals surface area (Å²) in [5.74, 6) is 0.479. The van der Waals surface area contributed by atoms with Gasteiger partial charge in [0.25, 0.3) is 5.91 Å². The first-order chi connectivity index (χ1) is 10.1. The molecule has 1 amide bonds. The van der Waals surface area contributed by atoms with Crippen LogP contribution in [0, 0.1) is 5.92 Å². The van der Waals surface area contributed by atoms with E-state index >= 15 is 0 Å². The van der Waals surface area contributed by atoms with E-state index in [-0.39, 0.29) is 30.8 Å². The molecule has 1 aromatic carbocycles. The minimum Gasteiger partial charge on any atom is -0.484 e. The van der Waals surface area contributed by atoms with Crippen molar-refractivity contribution in [3.05, 3.63) is 40.8 Å². The molecule has 7 heteroatoms. The second kappa shape index (κ2) is 8.41. The zero-order chi connectivity index (χ0) is 15.2. The molecule has 0 bridgehead atoms. The summed E-state index contributed by atoms with van der Waals surface area (Å²) in [5.41, 5.74) is 5.47. The Morgan fingerprint density at radius 1 is 1.36 bits per heavy atom. The van der Waals surface area contributed by atoms with Crippen molar-refractivity contribution >= 4 is 29.3 Å². The Morgan fingerprint density at radius 2 is 2.09 bits per heavy atom. The van der Waals surface area contributed by atoms with Crippen LogP contribution in [0.4, 0.5) is 0 Å². The molecule has 6 nitrogen and oxygen atoms in total. The molecule has 0 spiro atoms. The minimum atomic E-state index is -0.423. The molecule has 1 atom stereocenters. The molecular formula is C15H19ClN2O4. The summed E-state index contributed by atoms with van der Waals surface area (Å²) in [6, 6.07) is 8.10. The Balaban J connectivity index is 0.00000242. The number of carbonyl (C=O) groups is 1. The number of halogens is 1. The highest BCUT2D eigenvalue weighted by molar-refractivity contribution is 5.85. The molecule has 2 rings (SSSR count). The van der Waals surface area contributed by atoms with Crippen LogP contribution in [0.25, 0.3) is 11.0 Å². The topological polar surface area (TPSA) is 94.6 Å². The highest BCUT2D eigenvalue weighted by atomic mass is 35.5. The lowest BCUT2D eigenvalue weighted by Gasteiger charge is -2.11. The Bertz CT molecular complexity index is 687. The summed E-state index contributed by atoms with van der Waals surface area (Å²) in [5, 5.41) is 3.53. The molecule has 1 heterocycles. The van der Waals surface area contributed by atoms with E-state index in [2.05, 4.69) is 5.32 Å². The van der Waals surface area contributed by atoms with E-state index in [1.807, 2.05) is 6.92 Å². The quantitative estimate of drug-likeness (QED) is 0.780. The summed E-state index contributed by atoms with van der Waals surface area (Å²) < 4.78 is 10.4. The fourth-order valence-corrected chi connectivity index (χ4v) is 1.70. The number of ether oxygens (including phenoxy) is 1. The first-order valence-electron chi connectivity index (χ1n) is 6.72. The van der Waals surface area contributed by atoms with Crippen molar-refractivity contribution in [2.75, 3.05) is 19.7 Å². The average Bonchev–Trinajstić information content (AvgIpc) is 2.49. The van der Waals surface area contributed by atoms with Crippen molar-refractivity contribution in [2.45, 2.75) is 6.92 Å². The van der Waals surface area contributed by atoms with Gasteiger partial charge in [-0.25, -0.2) is 4.79 Å². The van der Waals surface area contributed by atoms with Crippen LogP contribution in [0.3, 0.4) is 0 Å². The van der Waals surface area contributed by atoms with Crippen LogP contribution in [-0.4, -0.2) is 25.6 Å². The molecule has 1 aromatic heterocycles. The second-order valence-corrected chi connectivity index (χ2v) is 4.89. The summed E-state index contributed by atoms with van der Waals surface area (Å²) in [6.45, 7) is 2.89. The van der Waals surface area contributed by atoms with Gasteiger partial charge in [-0.1, -0.05) is 6.92 Å². The zero-order valence-electron chi connectivity index (χ0n) is 12.2. The summed E-state index contributed by atoms with van der Waals surface area (Å²) in [6.07, 6.45) is 0. The fraction of sp³-hybridized carbons (Fsp3) is 0.333. The molecule has 22 heavy (non-hydrogen) atoms. The molecule has 0 saturated heterocycles. The Hall–Kier alpha value is -2.05. The molecule has 0 radical (unpaired) electrons. The average molecular weight is 327 g/mol. The second-order valence-electron chi connectivity index (χ2n) is 4.89. The molecule has 120 valence electrons. The van der Waals surface area contributed by atoms with Gasteiger partial charge in [0.05, 0.1) is 0 Å². The predicted molar refractivity (Wildman–Crippen MR) is 86.5 cm³/mol. The van der Waals surface area contributed by atoms with Crippen LogP contribution < -0.4 is 21.4 Å². The number of benzene rings is 1. The maximum absolute atomic E-state index is 11.6. The van der Waals surface area contributed by atoms with E-state index in [4.69, 9.17) is 14.9 Å². The van der Waals surface area contributed by atoms with Crippen LogP contribution in [0.1, 0.15) is 6.92 Å². The van der Waals surface area contributed by atoms with Crippen LogP contribution >= 0.6 is 12.4 Å². The van der Waals surface area contributed by atoms with E-state index in [0.717, 1.165) is 5.39 Å². The van der Waals surface area contributed by atoms with Crippen LogP contribution in [0.5, 0.6) is 5.75 Å². The van der Waals surface area contributed by atoms with Gasteiger partial charge >= 0.3 is 5.63 Å². The van der Waals surface area contributed by atoms with Gasteiger partial charge in [-0.15, -0.1) is 12.4 Å². The molecule has 3 N–H and O–H groups in total. The lowest BCUT2D eigenvalue weighted by Crippen LogP contribution is -2.34. The summed E-state index contributed by atoms with van der Waals surface area (Å²) in [7, 11) is 0. The van der Waals surface area contributed by atoms with Gasteiger partial charge in [0, 0.05) is 24.1 Å². The van der Waals surface area contributed by atoms with Crippen molar-refractivity contribution in [3.8, 4) is 5.75 Å². The smallest absolute Gasteiger partial charge is 0.336 e.